The molecule has 0 saturated heterocycles. The second kappa shape index (κ2) is 5.99. The van der Waals surface area contributed by atoms with Crippen LogP contribution >= 0.6 is 11.6 Å². The van der Waals surface area contributed by atoms with Crippen molar-refractivity contribution in [3.8, 4) is 0 Å². The van der Waals surface area contributed by atoms with Gasteiger partial charge in [0, 0.05) is 5.56 Å². The first-order valence-corrected chi connectivity index (χ1v) is 8.08. The number of rotatable bonds is 2. The summed E-state index contributed by atoms with van der Waals surface area (Å²) in [7, 11) is 0. The van der Waals surface area contributed by atoms with Crippen LogP contribution in [0.3, 0.4) is 0 Å². The molecule has 4 rings (SSSR count). The molecule has 0 saturated carbocycles. The molecule has 0 bridgehead atoms. The van der Waals surface area contributed by atoms with Crippen molar-refractivity contribution < 1.29 is 4.79 Å². The largest absolute Gasteiger partial charge is 0.275 e. The van der Waals surface area contributed by atoms with Crippen LogP contribution < -0.4 is 4.90 Å². The molecular weight excluding hydrogens is 318 g/mol. The third-order valence-corrected chi connectivity index (χ3v) is 4.39. The maximum atomic E-state index is 13.1. The van der Waals surface area contributed by atoms with E-state index in [-0.39, 0.29) is 5.91 Å². The number of nitrogens with zero attached hydrogens (tertiary/aromatic N) is 1. The van der Waals surface area contributed by atoms with Crippen LogP contribution in [0.2, 0.25) is 5.02 Å². The Hall–Kier alpha value is -2.84. The van der Waals surface area contributed by atoms with Crippen LogP contribution in [-0.2, 0) is 4.79 Å². The van der Waals surface area contributed by atoms with Crippen molar-refractivity contribution in [2.75, 3.05) is 4.90 Å². The van der Waals surface area contributed by atoms with Gasteiger partial charge in [-0.05, 0) is 29.8 Å². The summed E-state index contributed by atoms with van der Waals surface area (Å²) in [5.41, 5.74) is 4.16. The zero-order valence-electron chi connectivity index (χ0n) is 12.8. The summed E-state index contributed by atoms with van der Waals surface area (Å²) < 4.78 is 0. The minimum absolute atomic E-state index is 0.0619. The highest BCUT2D eigenvalue weighted by Gasteiger charge is 2.33. The average Bonchev–Trinajstić information content (AvgIpc) is 2.89. The van der Waals surface area contributed by atoms with Gasteiger partial charge in [0.25, 0.3) is 5.91 Å². The SMILES string of the molecule is O=C1/C(=C\c2ccccc2)c2ccccc2N1c1ccccc1Cl. The van der Waals surface area contributed by atoms with Crippen LogP contribution in [0, 0.1) is 0 Å². The number of halogens is 1. The molecule has 0 fully saturated rings. The smallest absolute Gasteiger partial charge is 0.263 e. The van der Waals surface area contributed by atoms with Gasteiger partial charge in [-0.3, -0.25) is 9.69 Å². The van der Waals surface area contributed by atoms with E-state index in [1.54, 1.807) is 11.0 Å². The molecule has 0 aromatic heterocycles. The van der Waals surface area contributed by atoms with Gasteiger partial charge in [0.15, 0.2) is 0 Å². The number of para-hydroxylation sites is 2. The van der Waals surface area contributed by atoms with Crippen molar-refractivity contribution in [1.82, 2.24) is 0 Å². The van der Waals surface area contributed by atoms with Crippen LogP contribution in [0.4, 0.5) is 11.4 Å². The van der Waals surface area contributed by atoms with Gasteiger partial charge in [-0.15, -0.1) is 0 Å². The highest BCUT2D eigenvalue weighted by molar-refractivity contribution is 6.41. The number of benzene rings is 3. The first-order chi connectivity index (χ1) is 11.8. The lowest BCUT2D eigenvalue weighted by molar-refractivity contribution is -0.112. The summed E-state index contributed by atoms with van der Waals surface area (Å²) in [6.07, 6.45) is 1.93. The molecule has 3 aromatic rings. The molecule has 0 spiro atoms. The number of anilines is 2. The molecule has 116 valence electrons. The molecule has 2 nitrogen and oxygen atoms in total. The van der Waals surface area contributed by atoms with Crippen molar-refractivity contribution in [3.63, 3.8) is 0 Å². The maximum absolute atomic E-state index is 13.1. The standard InChI is InChI=1S/C21H14ClNO/c22-18-11-5-7-13-20(18)23-19-12-6-4-10-16(19)17(21(23)24)14-15-8-2-1-3-9-15/h1-14H/b17-14-. The second-order valence-electron chi connectivity index (χ2n) is 5.58. The van der Waals surface area contributed by atoms with Crippen LogP contribution in [0.25, 0.3) is 11.6 Å². The van der Waals surface area contributed by atoms with Crippen LogP contribution in [0.15, 0.2) is 78.9 Å². The Morgan fingerprint density at radius 2 is 1.38 bits per heavy atom. The highest BCUT2D eigenvalue weighted by atomic mass is 35.5. The number of amides is 1. The Morgan fingerprint density at radius 1 is 0.750 bits per heavy atom. The van der Waals surface area contributed by atoms with Gasteiger partial charge in [0.05, 0.1) is 22.0 Å². The maximum Gasteiger partial charge on any atom is 0.263 e. The molecule has 3 aromatic carbocycles. The Labute approximate surface area is 145 Å². The second-order valence-corrected chi connectivity index (χ2v) is 5.99. The molecule has 0 unspecified atom stereocenters. The molecule has 0 atom stereocenters. The average molecular weight is 332 g/mol. The number of carbonyl (C=O) groups is 1. The van der Waals surface area contributed by atoms with Crippen molar-refractivity contribution in [2.45, 2.75) is 0 Å². The molecule has 1 aliphatic rings. The summed E-state index contributed by atoms with van der Waals surface area (Å²) in [6, 6.07) is 25.1. The minimum Gasteiger partial charge on any atom is -0.275 e. The molecule has 0 radical (unpaired) electrons. The number of hydrogen-bond acceptors (Lipinski definition) is 1. The van der Waals surface area contributed by atoms with Crippen molar-refractivity contribution in [2.24, 2.45) is 0 Å². The van der Waals surface area contributed by atoms with Crippen LogP contribution in [-0.4, -0.2) is 5.91 Å². The van der Waals surface area contributed by atoms with E-state index in [4.69, 9.17) is 11.6 Å². The van der Waals surface area contributed by atoms with Crippen LogP contribution in [0.1, 0.15) is 11.1 Å². The zero-order chi connectivity index (χ0) is 16.5. The lowest BCUT2D eigenvalue weighted by Gasteiger charge is -2.18. The normalized spacial score (nSPS) is 15.0. The lowest BCUT2D eigenvalue weighted by Crippen LogP contribution is -2.20. The monoisotopic (exact) mass is 331 g/mol. The molecule has 0 aliphatic carbocycles. The Kier molecular flexibility index (Phi) is 3.68. The molecule has 3 heteroatoms. The third kappa shape index (κ3) is 2.41. The van der Waals surface area contributed by atoms with Gasteiger partial charge in [-0.1, -0.05) is 72.3 Å². The Morgan fingerprint density at radius 3 is 2.12 bits per heavy atom. The van der Waals surface area contributed by atoms with Gasteiger partial charge in [0.2, 0.25) is 0 Å². The van der Waals surface area contributed by atoms with E-state index < -0.39 is 0 Å². The molecule has 1 heterocycles. The summed E-state index contributed by atoms with van der Waals surface area (Å²) in [4.78, 5) is 14.8. The fraction of sp³-hybridized carbons (Fsp3) is 0. The van der Waals surface area contributed by atoms with Gasteiger partial charge in [-0.25, -0.2) is 0 Å². The van der Waals surface area contributed by atoms with Gasteiger partial charge in [0.1, 0.15) is 0 Å². The van der Waals surface area contributed by atoms with Crippen molar-refractivity contribution in [3.05, 3.63) is 95.0 Å². The molecule has 0 N–H and O–H groups in total. The predicted octanol–water partition coefficient (Wildman–Crippen LogP) is 5.56. The lowest BCUT2D eigenvalue weighted by atomic mass is 10.0. The first-order valence-electron chi connectivity index (χ1n) is 7.71. The fourth-order valence-electron chi connectivity index (χ4n) is 2.97. The highest BCUT2D eigenvalue weighted by Crippen LogP contribution is 2.44. The molecule has 1 amide bonds. The van der Waals surface area contributed by atoms with Gasteiger partial charge >= 0.3 is 0 Å². The van der Waals surface area contributed by atoms with E-state index in [0.717, 1.165) is 16.8 Å². The van der Waals surface area contributed by atoms with Gasteiger partial charge < -0.3 is 0 Å². The summed E-state index contributed by atoms with van der Waals surface area (Å²) >= 11 is 6.33. The minimum atomic E-state index is -0.0619. The molecule has 24 heavy (non-hydrogen) atoms. The first kappa shape index (κ1) is 14.7. The number of carbonyl (C=O) groups excluding carboxylic acids is 1. The van der Waals surface area contributed by atoms with Gasteiger partial charge in [-0.2, -0.15) is 0 Å². The van der Waals surface area contributed by atoms with E-state index >= 15 is 0 Å². The summed E-state index contributed by atoms with van der Waals surface area (Å²) in [5, 5.41) is 0.557. The van der Waals surface area contributed by atoms with E-state index in [9.17, 15) is 4.79 Å². The molecule has 1 aliphatic heterocycles. The quantitative estimate of drug-likeness (QED) is 0.563. The van der Waals surface area contributed by atoms with E-state index in [1.807, 2.05) is 78.9 Å². The zero-order valence-corrected chi connectivity index (χ0v) is 13.6. The van der Waals surface area contributed by atoms with E-state index in [2.05, 4.69) is 0 Å². The Bertz CT molecular complexity index is 947. The molecular formula is C21H14ClNO. The number of fused-ring (bicyclic) bond motifs is 1. The summed E-state index contributed by atoms with van der Waals surface area (Å²) in [5.74, 6) is -0.0619. The predicted molar refractivity (Wildman–Crippen MR) is 99.4 cm³/mol. The van der Waals surface area contributed by atoms with E-state index in [1.165, 1.54) is 0 Å². The van der Waals surface area contributed by atoms with E-state index in [0.29, 0.717) is 16.3 Å². The van der Waals surface area contributed by atoms with Crippen molar-refractivity contribution >= 4 is 40.5 Å². The summed E-state index contributed by atoms with van der Waals surface area (Å²) in [6.45, 7) is 0. The number of hydrogen-bond donors (Lipinski definition) is 0. The van der Waals surface area contributed by atoms with Crippen LogP contribution in [0.5, 0.6) is 0 Å². The third-order valence-electron chi connectivity index (χ3n) is 4.07. The topological polar surface area (TPSA) is 20.3 Å². The van der Waals surface area contributed by atoms with Crippen molar-refractivity contribution in [1.29, 1.82) is 0 Å². The Balaban J connectivity index is 1.89. The fourth-order valence-corrected chi connectivity index (χ4v) is 3.19.